The Morgan fingerprint density at radius 3 is 2.05 bits per heavy atom. The van der Waals surface area contributed by atoms with Crippen LogP contribution in [0.5, 0.6) is 0 Å². The van der Waals surface area contributed by atoms with Crippen LogP contribution in [0, 0.1) is 11.3 Å². The molecule has 5 nitrogen and oxygen atoms in total. The van der Waals surface area contributed by atoms with E-state index < -0.39 is 29.2 Å². The number of hydrogen-bond donors (Lipinski definition) is 0. The van der Waals surface area contributed by atoms with Crippen LogP contribution < -0.4 is 0 Å². The smallest absolute Gasteiger partial charge is 0.324 e. The topological polar surface area (TPSA) is 69.7 Å². The molecular weight excluding hydrogens is 352 g/mol. The van der Waals surface area contributed by atoms with Gasteiger partial charge in [0.2, 0.25) is 0 Å². The van der Waals surface area contributed by atoms with E-state index in [4.69, 9.17) is 9.47 Å². The average Bonchev–Trinajstić information content (AvgIpc) is 3.18. The molecule has 1 aliphatic rings. The maximum Gasteiger partial charge on any atom is 0.324 e. The SMILES string of the molecule is CCOC(=O)C1(C(=O)OCC)[C@H](C=O)[C@H]1c1ccc(Br)cc1. The number of benzene rings is 1. The zero-order valence-corrected chi connectivity index (χ0v) is 14.0. The first-order valence-corrected chi connectivity index (χ1v) is 7.88. The molecule has 2 rings (SSSR count). The summed E-state index contributed by atoms with van der Waals surface area (Å²) < 4.78 is 10.9. The van der Waals surface area contributed by atoms with Gasteiger partial charge in [0, 0.05) is 10.4 Å². The number of carbonyl (C=O) groups excluding carboxylic acids is 3. The zero-order chi connectivity index (χ0) is 16.3. The number of aldehydes is 1. The molecular formula is C16H17BrO5. The normalized spacial score (nSPS) is 21.8. The maximum atomic E-state index is 12.4. The molecule has 1 aliphatic carbocycles. The molecule has 0 spiro atoms. The van der Waals surface area contributed by atoms with E-state index in [1.54, 1.807) is 38.1 Å². The Balaban J connectivity index is 2.43. The third-order valence-corrected chi connectivity index (χ3v) is 4.40. The van der Waals surface area contributed by atoms with E-state index in [2.05, 4.69) is 15.9 Å². The van der Waals surface area contributed by atoms with Crippen LogP contribution in [0.3, 0.4) is 0 Å². The fraction of sp³-hybridized carbons (Fsp3) is 0.438. The molecule has 22 heavy (non-hydrogen) atoms. The van der Waals surface area contributed by atoms with Crippen LogP contribution in [-0.2, 0) is 23.9 Å². The molecule has 118 valence electrons. The predicted molar refractivity (Wildman–Crippen MR) is 82.1 cm³/mol. The fourth-order valence-corrected chi connectivity index (χ4v) is 3.12. The molecule has 0 aliphatic heterocycles. The van der Waals surface area contributed by atoms with Crippen LogP contribution in [0.1, 0.15) is 25.3 Å². The van der Waals surface area contributed by atoms with Crippen molar-refractivity contribution in [2.75, 3.05) is 13.2 Å². The van der Waals surface area contributed by atoms with Gasteiger partial charge in [-0.1, -0.05) is 28.1 Å². The van der Waals surface area contributed by atoms with Gasteiger partial charge in [-0.2, -0.15) is 0 Å². The van der Waals surface area contributed by atoms with Crippen molar-refractivity contribution in [3.63, 3.8) is 0 Å². The molecule has 1 aromatic rings. The first-order valence-electron chi connectivity index (χ1n) is 7.09. The molecule has 1 saturated carbocycles. The molecule has 0 N–H and O–H groups in total. The first kappa shape index (κ1) is 16.7. The summed E-state index contributed by atoms with van der Waals surface area (Å²) in [6.45, 7) is 3.59. The Kier molecular flexibility index (Phi) is 5.01. The highest BCUT2D eigenvalue weighted by atomic mass is 79.9. The molecule has 0 unspecified atom stereocenters. The second kappa shape index (κ2) is 6.60. The zero-order valence-electron chi connectivity index (χ0n) is 12.4. The standard InChI is InChI=1S/C16H17BrO5/c1-3-21-14(19)16(15(20)22-4-2)12(9-18)13(16)10-5-7-11(17)8-6-10/h5-9,12-13H,3-4H2,1-2H3/t12-,13-/m1/s1. The molecule has 0 aromatic heterocycles. The van der Waals surface area contributed by atoms with Gasteiger partial charge in [-0.25, -0.2) is 0 Å². The Hall–Kier alpha value is -1.69. The van der Waals surface area contributed by atoms with E-state index in [0.29, 0.717) is 6.29 Å². The Labute approximate surface area is 137 Å². The molecule has 0 bridgehead atoms. The monoisotopic (exact) mass is 368 g/mol. The number of ether oxygens (including phenoxy) is 2. The summed E-state index contributed by atoms with van der Waals surface area (Å²) in [5.41, 5.74) is -0.817. The summed E-state index contributed by atoms with van der Waals surface area (Å²) in [5.74, 6) is -2.69. The van der Waals surface area contributed by atoms with Crippen molar-refractivity contribution in [2.24, 2.45) is 11.3 Å². The lowest BCUT2D eigenvalue weighted by molar-refractivity contribution is -0.165. The Morgan fingerprint density at radius 2 is 1.64 bits per heavy atom. The number of esters is 2. The average molecular weight is 369 g/mol. The third kappa shape index (κ3) is 2.56. The van der Waals surface area contributed by atoms with E-state index in [1.165, 1.54) is 0 Å². The lowest BCUT2D eigenvalue weighted by atomic mass is 9.99. The second-order valence-corrected chi connectivity index (χ2v) is 5.92. The highest BCUT2D eigenvalue weighted by Gasteiger charge is 2.77. The maximum absolute atomic E-state index is 12.4. The number of carbonyl (C=O) groups is 3. The first-order chi connectivity index (χ1) is 10.5. The van der Waals surface area contributed by atoms with Crippen molar-refractivity contribution in [1.29, 1.82) is 0 Å². The van der Waals surface area contributed by atoms with Gasteiger partial charge in [-0.3, -0.25) is 9.59 Å². The number of rotatable bonds is 6. The van der Waals surface area contributed by atoms with Gasteiger partial charge in [-0.05, 0) is 31.5 Å². The van der Waals surface area contributed by atoms with Gasteiger partial charge in [-0.15, -0.1) is 0 Å². The van der Waals surface area contributed by atoms with Crippen molar-refractivity contribution in [2.45, 2.75) is 19.8 Å². The molecule has 0 heterocycles. The highest BCUT2D eigenvalue weighted by Crippen LogP contribution is 2.65. The van der Waals surface area contributed by atoms with Crippen molar-refractivity contribution >= 4 is 34.2 Å². The molecule has 0 amide bonds. The van der Waals surface area contributed by atoms with Gasteiger partial charge in [0.25, 0.3) is 0 Å². The molecule has 6 heteroatoms. The Morgan fingerprint density at radius 1 is 1.14 bits per heavy atom. The van der Waals surface area contributed by atoms with Gasteiger partial charge in [0.15, 0.2) is 5.41 Å². The summed E-state index contributed by atoms with van der Waals surface area (Å²) in [4.78, 5) is 36.2. The lowest BCUT2D eigenvalue weighted by Gasteiger charge is -2.15. The largest absolute Gasteiger partial charge is 0.465 e. The summed E-state index contributed by atoms with van der Waals surface area (Å²) >= 11 is 3.33. The quantitative estimate of drug-likeness (QED) is 0.438. The minimum atomic E-state index is -1.55. The van der Waals surface area contributed by atoms with Gasteiger partial charge in [0.1, 0.15) is 6.29 Å². The van der Waals surface area contributed by atoms with E-state index >= 15 is 0 Å². The van der Waals surface area contributed by atoms with E-state index in [1.807, 2.05) is 0 Å². The molecule has 1 aromatic carbocycles. The van der Waals surface area contributed by atoms with Gasteiger partial charge >= 0.3 is 11.9 Å². The van der Waals surface area contributed by atoms with Crippen molar-refractivity contribution < 1.29 is 23.9 Å². The van der Waals surface area contributed by atoms with Gasteiger partial charge < -0.3 is 14.3 Å². The molecule has 0 saturated heterocycles. The minimum absolute atomic E-state index is 0.138. The summed E-state index contributed by atoms with van der Waals surface area (Å²) in [6, 6.07) is 7.17. The van der Waals surface area contributed by atoms with Crippen molar-refractivity contribution in [3.8, 4) is 0 Å². The molecule has 1 fully saturated rings. The molecule has 0 radical (unpaired) electrons. The number of halogens is 1. The van der Waals surface area contributed by atoms with E-state index in [-0.39, 0.29) is 13.2 Å². The van der Waals surface area contributed by atoms with E-state index in [0.717, 1.165) is 10.0 Å². The summed E-state index contributed by atoms with van der Waals surface area (Å²) in [7, 11) is 0. The van der Waals surface area contributed by atoms with Crippen molar-refractivity contribution in [1.82, 2.24) is 0 Å². The lowest BCUT2D eigenvalue weighted by Crippen LogP contribution is -2.33. The van der Waals surface area contributed by atoms with Gasteiger partial charge in [0.05, 0.1) is 19.1 Å². The highest BCUT2D eigenvalue weighted by molar-refractivity contribution is 9.10. The summed E-state index contributed by atoms with van der Waals surface area (Å²) in [5, 5.41) is 0. The Bertz CT molecular complexity index is 563. The van der Waals surface area contributed by atoms with Crippen LogP contribution in [0.25, 0.3) is 0 Å². The van der Waals surface area contributed by atoms with Crippen LogP contribution in [-0.4, -0.2) is 31.4 Å². The van der Waals surface area contributed by atoms with Crippen LogP contribution in [0.15, 0.2) is 28.7 Å². The minimum Gasteiger partial charge on any atom is -0.465 e. The van der Waals surface area contributed by atoms with E-state index in [9.17, 15) is 14.4 Å². The third-order valence-electron chi connectivity index (χ3n) is 3.87. The fourth-order valence-electron chi connectivity index (χ4n) is 2.85. The molecule has 2 atom stereocenters. The second-order valence-electron chi connectivity index (χ2n) is 5.00. The van der Waals surface area contributed by atoms with Crippen molar-refractivity contribution in [3.05, 3.63) is 34.3 Å². The van der Waals surface area contributed by atoms with Crippen LogP contribution in [0.4, 0.5) is 0 Å². The van der Waals surface area contributed by atoms with Crippen LogP contribution >= 0.6 is 15.9 Å². The van der Waals surface area contributed by atoms with Crippen LogP contribution in [0.2, 0.25) is 0 Å². The predicted octanol–water partition coefficient (Wildman–Crippen LogP) is 2.47. The summed E-state index contributed by atoms with van der Waals surface area (Å²) in [6.07, 6.45) is 0.639. The number of hydrogen-bond acceptors (Lipinski definition) is 5.